The first-order valence-corrected chi connectivity index (χ1v) is 8.33. The molecule has 0 heterocycles. The van der Waals surface area contributed by atoms with E-state index in [1.165, 1.54) is 0 Å². The van der Waals surface area contributed by atoms with Gasteiger partial charge in [-0.2, -0.15) is 10.5 Å². The lowest BCUT2D eigenvalue weighted by Crippen LogP contribution is -2.35. The van der Waals surface area contributed by atoms with Gasteiger partial charge in [0, 0.05) is 18.4 Å². The minimum atomic E-state index is -1.46. The second kappa shape index (κ2) is 6.33. The quantitative estimate of drug-likeness (QED) is 0.587. The van der Waals surface area contributed by atoms with Crippen molar-refractivity contribution in [1.82, 2.24) is 0 Å². The van der Waals surface area contributed by atoms with Crippen LogP contribution in [0.5, 0.6) is 0 Å². The van der Waals surface area contributed by atoms with Crippen molar-refractivity contribution in [2.75, 3.05) is 0 Å². The van der Waals surface area contributed by atoms with Crippen LogP contribution < -0.4 is 0 Å². The van der Waals surface area contributed by atoms with Crippen molar-refractivity contribution < 1.29 is 9.90 Å². The Morgan fingerprint density at radius 1 is 1.22 bits per heavy atom. The number of rotatable bonds is 3. The first-order chi connectivity index (χ1) is 10.7. The molecule has 4 nitrogen and oxygen atoms in total. The minimum absolute atomic E-state index is 0.00774. The zero-order valence-corrected chi connectivity index (χ0v) is 15.2. The summed E-state index contributed by atoms with van der Waals surface area (Å²) in [6.45, 7) is 3.84. The molecule has 0 amide bonds. The lowest BCUT2D eigenvalue weighted by atomic mass is 9.70. The van der Waals surface area contributed by atoms with Crippen LogP contribution in [0.2, 0.25) is 0 Å². The van der Waals surface area contributed by atoms with Crippen LogP contribution in [-0.4, -0.2) is 14.3 Å². The summed E-state index contributed by atoms with van der Waals surface area (Å²) in [5.41, 5.74) is 0.562. The van der Waals surface area contributed by atoms with Gasteiger partial charge in [0.1, 0.15) is 5.76 Å². The maximum atomic E-state index is 12.7. The summed E-state index contributed by atoms with van der Waals surface area (Å²) in [5, 5.41) is 29.6. The van der Waals surface area contributed by atoms with Crippen LogP contribution in [0.25, 0.3) is 0 Å². The highest BCUT2D eigenvalue weighted by Crippen LogP contribution is 2.47. The monoisotopic (exact) mass is 420 g/mol. The Kier molecular flexibility index (Phi) is 4.81. The molecule has 0 aliphatic heterocycles. The molecule has 1 aromatic rings. The predicted octanol–water partition coefficient (Wildman–Crippen LogP) is 4.19. The van der Waals surface area contributed by atoms with Gasteiger partial charge in [-0.3, -0.25) is 4.79 Å². The van der Waals surface area contributed by atoms with Gasteiger partial charge in [0.15, 0.2) is 5.78 Å². The molecule has 0 saturated carbocycles. The second-order valence-electron chi connectivity index (χ2n) is 6.58. The van der Waals surface area contributed by atoms with Gasteiger partial charge in [-0.25, -0.2) is 0 Å². The standard InChI is InChI=1S/C18H17IN2O2/c1-17(2)8-13(22)15(14(23)9-17)16(18(19,10-20)11-21)12-6-4-3-5-7-12/h3-7,16,22H,8-9H2,1-2H3. The van der Waals surface area contributed by atoms with Crippen molar-refractivity contribution in [2.45, 2.75) is 36.0 Å². The number of halogens is 1. The zero-order valence-electron chi connectivity index (χ0n) is 13.0. The summed E-state index contributed by atoms with van der Waals surface area (Å²) < 4.78 is -1.46. The summed E-state index contributed by atoms with van der Waals surface area (Å²) in [6.07, 6.45) is 0.653. The molecule has 1 unspecified atom stereocenters. The molecule has 0 fully saturated rings. The number of hydrogen-bond donors (Lipinski definition) is 1. The van der Waals surface area contributed by atoms with Crippen LogP contribution in [0.3, 0.4) is 0 Å². The normalized spacial score (nSPS) is 18.9. The number of ketones is 1. The maximum Gasteiger partial charge on any atom is 0.204 e. The van der Waals surface area contributed by atoms with E-state index in [-0.39, 0.29) is 22.5 Å². The Hall–Kier alpha value is -1.86. The van der Waals surface area contributed by atoms with Crippen molar-refractivity contribution in [3.05, 3.63) is 47.2 Å². The number of benzene rings is 1. The molecule has 1 aliphatic carbocycles. The molecule has 1 N–H and O–H groups in total. The highest BCUT2D eigenvalue weighted by Gasteiger charge is 2.46. The number of aliphatic hydroxyl groups is 1. The third kappa shape index (κ3) is 3.40. The van der Waals surface area contributed by atoms with Gasteiger partial charge in [0.2, 0.25) is 3.42 Å². The molecule has 0 bridgehead atoms. The summed E-state index contributed by atoms with van der Waals surface area (Å²) in [4.78, 5) is 12.7. The van der Waals surface area contributed by atoms with Crippen LogP contribution in [-0.2, 0) is 4.79 Å². The molecule has 118 valence electrons. The number of nitriles is 2. The Balaban J connectivity index is 2.68. The average Bonchev–Trinajstić information content (AvgIpc) is 2.50. The lowest BCUT2D eigenvalue weighted by molar-refractivity contribution is -0.118. The largest absolute Gasteiger partial charge is 0.512 e. The third-order valence-corrected chi connectivity index (χ3v) is 5.15. The van der Waals surface area contributed by atoms with Crippen LogP contribution in [0.15, 0.2) is 41.7 Å². The molecule has 1 atom stereocenters. The molecule has 1 aromatic carbocycles. The number of alkyl halides is 1. The molecule has 0 saturated heterocycles. The summed E-state index contributed by atoms with van der Waals surface area (Å²) in [7, 11) is 0. The van der Waals surface area contributed by atoms with E-state index in [0.29, 0.717) is 18.4 Å². The number of carbonyl (C=O) groups excluding carboxylic acids is 1. The number of nitrogens with zero attached hydrogens (tertiary/aromatic N) is 2. The molecule has 2 rings (SSSR count). The van der Waals surface area contributed by atoms with Crippen LogP contribution in [0.4, 0.5) is 0 Å². The first kappa shape index (κ1) is 17.5. The Morgan fingerprint density at radius 3 is 2.26 bits per heavy atom. The predicted molar refractivity (Wildman–Crippen MR) is 94.8 cm³/mol. The van der Waals surface area contributed by atoms with E-state index >= 15 is 0 Å². The topological polar surface area (TPSA) is 84.9 Å². The van der Waals surface area contributed by atoms with E-state index in [1.807, 2.05) is 32.1 Å². The van der Waals surface area contributed by atoms with Gasteiger partial charge in [-0.05, 0) is 33.6 Å². The number of carbonyl (C=O) groups is 1. The number of Topliss-reactive ketones (excluding diaryl/α,β-unsaturated/α-hetero) is 1. The fourth-order valence-electron chi connectivity index (χ4n) is 3.02. The van der Waals surface area contributed by atoms with Crippen molar-refractivity contribution in [2.24, 2.45) is 5.41 Å². The van der Waals surface area contributed by atoms with Gasteiger partial charge in [0.05, 0.1) is 18.1 Å². The fourth-order valence-corrected chi connectivity index (χ4v) is 3.70. The van der Waals surface area contributed by atoms with Crippen molar-refractivity contribution >= 4 is 28.4 Å². The summed E-state index contributed by atoms with van der Waals surface area (Å²) in [6, 6.07) is 13.0. The molecule has 0 radical (unpaired) electrons. The van der Waals surface area contributed by atoms with E-state index in [9.17, 15) is 20.4 Å². The summed E-state index contributed by atoms with van der Waals surface area (Å²) >= 11 is 1.78. The molecule has 0 spiro atoms. The molecule has 1 aliphatic rings. The second-order valence-corrected chi connectivity index (χ2v) is 8.28. The average molecular weight is 420 g/mol. The van der Waals surface area contributed by atoms with Gasteiger partial charge in [0.25, 0.3) is 0 Å². The zero-order chi connectivity index (χ0) is 17.3. The Bertz CT molecular complexity index is 725. The van der Waals surface area contributed by atoms with Crippen LogP contribution >= 0.6 is 22.6 Å². The van der Waals surface area contributed by atoms with E-state index < -0.39 is 9.34 Å². The molecule has 0 aromatic heterocycles. The highest BCUT2D eigenvalue weighted by atomic mass is 127. The van der Waals surface area contributed by atoms with E-state index in [0.717, 1.165) is 0 Å². The Morgan fingerprint density at radius 2 is 1.78 bits per heavy atom. The van der Waals surface area contributed by atoms with E-state index in [1.54, 1.807) is 46.9 Å². The van der Waals surface area contributed by atoms with Crippen LogP contribution in [0.1, 0.15) is 38.2 Å². The lowest BCUT2D eigenvalue weighted by Gasteiger charge is -2.35. The number of allylic oxidation sites excluding steroid dienone is 2. The third-order valence-electron chi connectivity index (χ3n) is 4.04. The first-order valence-electron chi connectivity index (χ1n) is 7.25. The molecule has 23 heavy (non-hydrogen) atoms. The highest BCUT2D eigenvalue weighted by molar-refractivity contribution is 14.1. The van der Waals surface area contributed by atoms with Crippen molar-refractivity contribution in [3.8, 4) is 12.1 Å². The summed E-state index contributed by atoms with van der Waals surface area (Å²) in [5.74, 6) is -0.978. The number of aliphatic hydroxyl groups excluding tert-OH is 1. The van der Waals surface area contributed by atoms with Gasteiger partial charge < -0.3 is 5.11 Å². The van der Waals surface area contributed by atoms with Crippen LogP contribution in [0, 0.1) is 28.1 Å². The van der Waals surface area contributed by atoms with Crippen molar-refractivity contribution in [3.63, 3.8) is 0 Å². The minimum Gasteiger partial charge on any atom is -0.512 e. The Labute approximate surface area is 149 Å². The van der Waals surface area contributed by atoms with Gasteiger partial charge in [-0.1, -0.05) is 44.2 Å². The smallest absolute Gasteiger partial charge is 0.204 e. The van der Waals surface area contributed by atoms with Crippen molar-refractivity contribution in [1.29, 1.82) is 10.5 Å². The van der Waals surface area contributed by atoms with Gasteiger partial charge >= 0.3 is 0 Å². The SMILES string of the molecule is CC1(C)CC(=O)C(C(c2ccccc2)C(I)(C#N)C#N)=C(O)C1. The number of hydrogen-bond acceptors (Lipinski definition) is 4. The molecular formula is C18H17IN2O2. The van der Waals surface area contributed by atoms with Gasteiger partial charge in [-0.15, -0.1) is 0 Å². The maximum absolute atomic E-state index is 12.7. The fraction of sp³-hybridized carbons (Fsp3) is 0.389. The van der Waals surface area contributed by atoms with E-state index in [4.69, 9.17) is 0 Å². The molecule has 5 heteroatoms. The van der Waals surface area contributed by atoms with E-state index in [2.05, 4.69) is 0 Å². The molecular weight excluding hydrogens is 403 g/mol.